The summed E-state index contributed by atoms with van der Waals surface area (Å²) in [4.78, 5) is 25.4. The first-order valence-electron chi connectivity index (χ1n) is 8.91. The van der Waals surface area contributed by atoms with E-state index < -0.39 is 0 Å². The minimum Gasteiger partial charge on any atom is -0.348 e. The number of carbonyl (C=O) groups is 1. The molecule has 0 aliphatic heterocycles. The zero-order valence-corrected chi connectivity index (χ0v) is 16.0. The van der Waals surface area contributed by atoms with Crippen molar-refractivity contribution in [2.45, 2.75) is 32.9 Å². The summed E-state index contributed by atoms with van der Waals surface area (Å²) in [5.74, 6) is 0.530. The fourth-order valence-corrected chi connectivity index (χ4v) is 4.11. The topological polar surface area (TPSA) is 68.4 Å². The summed E-state index contributed by atoms with van der Waals surface area (Å²) in [6, 6.07) is 13.5. The molecule has 1 aromatic carbocycles. The van der Waals surface area contributed by atoms with Crippen LogP contribution >= 0.6 is 11.3 Å². The molecule has 6 nitrogen and oxygen atoms in total. The van der Waals surface area contributed by atoms with Crippen molar-refractivity contribution in [2.24, 2.45) is 0 Å². The van der Waals surface area contributed by atoms with E-state index in [9.17, 15) is 9.59 Å². The van der Waals surface area contributed by atoms with Crippen LogP contribution in [0.3, 0.4) is 0 Å². The van der Waals surface area contributed by atoms with Gasteiger partial charge in [0, 0.05) is 6.42 Å². The lowest BCUT2D eigenvalue weighted by molar-refractivity contribution is -0.122. The van der Waals surface area contributed by atoms with Crippen molar-refractivity contribution >= 4 is 33.0 Å². The molecule has 0 spiro atoms. The summed E-state index contributed by atoms with van der Waals surface area (Å²) < 4.78 is 4.21. The Bertz CT molecular complexity index is 1170. The molecule has 3 heterocycles. The predicted molar refractivity (Wildman–Crippen MR) is 107 cm³/mol. The van der Waals surface area contributed by atoms with Crippen molar-refractivity contribution in [1.82, 2.24) is 19.5 Å². The number of hydrogen-bond acceptors (Lipinski definition) is 4. The van der Waals surface area contributed by atoms with Gasteiger partial charge >= 0.3 is 0 Å². The van der Waals surface area contributed by atoms with Crippen molar-refractivity contribution in [3.05, 3.63) is 69.6 Å². The van der Waals surface area contributed by atoms with Gasteiger partial charge in [-0.3, -0.25) is 14.0 Å². The van der Waals surface area contributed by atoms with Gasteiger partial charge in [-0.1, -0.05) is 37.3 Å². The number of amides is 1. The van der Waals surface area contributed by atoms with Gasteiger partial charge in [0.05, 0.1) is 16.3 Å². The molecule has 0 aliphatic carbocycles. The molecule has 1 atom stereocenters. The molecule has 0 aliphatic rings. The summed E-state index contributed by atoms with van der Waals surface area (Å²) in [5.41, 5.74) is 2.32. The average Bonchev–Trinajstić information content (AvgIpc) is 3.26. The normalized spacial score (nSPS) is 12.5. The van der Waals surface area contributed by atoms with Crippen LogP contribution in [-0.4, -0.2) is 20.1 Å². The number of rotatable bonds is 5. The Morgan fingerprint density at radius 3 is 2.74 bits per heavy atom. The number of aromatic nitrogens is 3. The van der Waals surface area contributed by atoms with Crippen LogP contribution in [0.15, 0.2) is 52.6 Å². The fourth-order valence-electron chi connectivity index (χ4n) is 3.31. The number of aryl methyl sites for hydroxylation is 1. The van der Waals surface area contributed by atoms with Crippen LogP contribution in [0.4, 0.5) is 0 Å². The highest BCUT2D eigenvalue weighted by molar-refractivity contribution is 7.17. The van der Waals surface area contributed by atoms with Gasteiger partial charge in [-0.15, -0.1) is 11.3 Å². The highest BCUT2D eigenvalue weighted by Crippen LogP contribution is 2.24. The van der Waals surface area contributed by atoms with Crippen molar-refractivity contribution in [1.29, 1.82) is 0 Å². The maximum absolute atomic E-state index is 12.9. The summed E-state index contributed by atoms with van der Waals surface area (Å²) in [6.07, 6.45) is 0.665. The number of thiophene rings is 1. The average molecular weight is 380 g/mol. The third-order valence-corrected chi connectivity index (χ3v) is 5.51. The highest BCUT2D eigenvalue weighted by Gasteiger charge is 2.17. The molecule has 3 aromatic heterocycles. The largest absolute Gasteiger partial charge is 0.348 e. The van der Waals surface area contributed by atoms with E-state index in [1.165, 1.54) is 4.68 Å². The van der Waals surface area contributed by atoms with E-state index in [2.05, 4.69) is 10.4 Å². The van der Waals surface area contributed by atoms with E-state index in [-0.39, 0.29) is 24.1 Å². The van der Waals surface area contributed by atoms with E-state index in [0.29, 0.717) is 11.9 Å². The van der Waals surface area contributed by atoms with E-state index in [1.54, 1.807) is 11.3 Å². The number of nitrogens with one attached hydrogen (secondary N) is 1. The first-order valence-corrected chi connectivity index (χ1v) is 9.79. The lowest BCUT2D eigenvalue weighted by atomic mass is 10.1. The second kappa shape index (κ2) is 7.00. The SMILES string of the molecule is CCc1nn(CC(=O)N[C@@H](C)c2ccccc2)c(=O)c2cc3sccc3n12. The zero-order chi connectivity index (χ0) is 19.0. The predicted octanol–water partition coefficient (Wildman–Crippen LogP) is 3.15. The van der Waals surface area contributed by atoms with Gasteiger partial charge in [0.15, 0.2) is 0 Å². The summed E-state index contributed by atoms with van der Waals surface area (Å²) in [6.45, 7) is 3.82. The van der Waals surface area contributed by atoms with Crippen molar-refractivity contribution in [3.8, 4) is 0 Å². The Balaban J connectivity index is 1.64. The quantitative estimate of drug-likeness (QED) is 0.578. The summed E-state index contributed by atoms with van der Waals surface area (Å²) in [7, 11) is 0. The first kappa shape index (κ1) is 17.5. The first-order chi connectivity index (χ1) is 13.1. The second-order valence-corrected chi connectivity index (χ2v) is 7.42. The molecule has 138 valence electrons. The van der Waals surface area contributed by atoms with Gasteiger partial charge in [-0.05, 0) is 30.0 Å². The van der Waals surface area contributed by atoms with Crippen LogP contribution < -0.4 is 10.9 Å². The minimum atomic E-state index is -0.252. The Kier molecular flexibility index (Phi) is 4.53. The molecule has 4 rings (SSSR count). The zero-order valence-electron chi connectivity index (χ0n) is 15.2. The van der Waals surface area contributed by atoms with Gasteiger partial charge in [0.2, 0.25) is 5.91 Å². The number of hydrogen-bond donors (Lipinski definition) is 1. The standard InChI is InChI=1S/C20H20N4O2S/c1-3-18-22-23(12-19(25)21-13(2)14-7-5-4-6-8-14)20(26)16-11-17-15(24(16)18)9-10-27-17/h4-11,13H,3,12H2,1-2H3,(H,21,25)/t13-/m0/s1. The lowest BCUT2D eigenvalue weighted by Gasteiger charge is -2.15. The molecular formula is C20H20N4O2S. The third-order valence-electron chi connectivity index (χ3n) is 4.66. The fraction of sp³-hybridized carbons (Fsp3) is 0.250. The highest BCUT2D eigenvalue weighted by atomic mass is 32.1. The lowest BCUT2D eigenvalue weighted by Crippen LogP contribution is -2.36. The number of benzene rings is 1. The van der Waals surface area contributed by atoms with Gasteiger partial charge in [0.1, 0.15) is 17.9 Å². The third kappa shape index (κ3) is 3.14. The monoisotopic (exact) mass is 380 g/mol. The van der Waals surface area contributed by atoms with Crippen LogP contribution in [0.1, 0.15) is 31.3 Å². The van der Waals surface area contributed by atoms with Gasteiger partial charge in [-0.25, -0.2) is 4.68 Å². The summed E-state index contributed by atoms with van der Waals surface area (Å²) >= 11 is 1.59. The Morgan fingerprint density at radius 1 is 1.22 bits per heavy atom. The second-order valence-electron chi connectivity index (χ2n) is 6.47. The van der Waals surface area contributed by atoms with E-state index in [0.717, 1.165) is 21.6 Å². The molecule has 0 fully saturated rings. The molecular weight excluding hydrogens is 360 g/mol. The van der Waals surface area contributed by atoms with Crippen molar-refractivity contribution in [2.75, 3.05) is 0 Å². The van der Waals surface area contributed by atoms with Crippen LogP contribution in [0.25, 0.3) is 15.7 Å². The molecule has 4 aromatic rings. The molecule has 1 N–H and O–H groups in total. The molecule has 27 heavy (non-hydrogen) atoms. The number of carbonyl (C=O) groups excluding carboxylic acids is 1. The van der Waals surface area contributed by atoms with Gasteiger partial charge < -0.3 is 5.32 Å². The van der Waals surface area contributed by atoms with Crippen molar-refractivity contribution < 1.29 is 4.79 Å². The molecule has 0 radical (unpaired) electrons. The van der Waals surface area contributed by atoms with Crippen LogP contribution in [0, 0.1) is 0 Å². The molecule has 7 heteroatoms. The van der Waals surface area contributed by atoms with E-state index in [1.807, 2.05) is 66.1 Å². The van der Waals surface area contributed by atoms with Crippen LogP contribution in [-0.2, 0) is 17.8 Å². The van der Waals surface area contributed by atoms with Gasteiger partial charge in [-0.2, -0.15) is 5.10 Å². The number of fused-ring (bicyclic) bond motifs is 3. The van der Waals surface area contributed by atoms with Crippen LogP contribution in [0.2, 0.25) is 0 Å². The van der Waals surface area contributed by atoms with Crippen LogP contribution in [0.5, 0.6) is 0 Å². The smallest absolute Gasteiger partial charge is 0.291 e. The summed E-state index contributed by atoms with van der Waals surface area (Å²) in [5, 5.41) is 9.39. The molecule has 0 bridgehead atoms. The maximum atomic E-state index is 12.9. The Hall–Kier alpha value is -2.93. The number of nitrogens with zero attached hydrogens (tertiary/aromatic N) is 3. The van der Waals surface area contributed by atoms with Crippen molar-refractivity contribution in [3.63, 3.8) is 0 Å². The van der Waals surface area contributed by atoms with E-state index >= 15 is 0 Å². The van der Waals surface area contributed by atoms with E-state index in [4.69, 9.17) is 0 Å². The maximum Gasteiger partial charge on any atom is 0.291 e. The molecule has 0 saturated carbocycles. The molecule has 0 saturated heterocycles. The molecule has 0 unspecified atom stereocenters. The molecule has 1 amide bonds. The minimum absolute atomic E-state index is 0.0989. The Labute approximate surface area is 160 Å². The Morgan fingerprint density at radius 2 is 2.00 bits per heavy atom. The van der Waals surface area contributed by atoms with Gasteiger partial charge in [0.25, 0.3) is 5.56 Å².